The summed E-state index contributed by atoms with van der Waals surface area (Å²) in [5.74, 6) is -0.593. The van der Waals surface area contributed by atoms with Gasteiger partial charge in [-0.2, -0.15) is 0 Å². The van der Waals surface area contributed by atoms with E-state index in [0.717, 1.165) is 5.56 Å². The van der Waals surface area contributed by atoms with Crippen molar-refractivity contribution in [2.24, 2.45) is 0 Å². The van der Waals surface area contributed by atoms with Gasteiger partial charge in [-0.25, -0.2) is 4.39 Å². The van der Waals surface area contributed by atoms with Crippen molar-refractivity contribution in [3.05, 3.63) is 35.6 Å². The van der Waals surface area contributed by atoms with Gasteiger partial charge in [0.25, 0.3) is 0 Å². The lowest BCUT2D eigenvalue weighted by molar-refractivity contribution is -0.141. The molecule has 0 aromatic heterocycles. The number of hydrogen-bond acceptors (Lipinski definition) is 4. The van der Waals surface area contributed by atoms with Crippen LogP contribution in [0.25, 0.3) is 0 Å². The zero-order valence-corrected chi connectivity index (χ0v) is 10.4. The van der Waals surface area contributed by atoms with E-state index in [1.165, 1.54) is 19.2 Å². The van der Waals surface area contributed by atoms with Gasteiger partial charge in [0.05, 0.1) is 13.2 Å². The highest BCUT2D eigenvalue weighted by molar-refractivity contribution is 5.69. The standard InChI is InChI=1S/C13H18FNO3/c1-18-13(17)7-6-12(16)9-15-8-10-2-4-11(14)5-3-10/h2-5,12,15-16H,6-9H2,1H3. The van der Waals surface area contributed by atoms with Gasteiger partial charge in [-0.1, -0.05) is 12.1 Å². The summed E-state index contributed by atoms with van der Waals surface area (Å²) < 4.78 is 17.1. The monoisotopic (exact) mass is 255 g/mol. The van der Waals surface area contributed by atoms with Crippen molar-refractivity contribution in [3.63, 3.8) is 0 Å². The maximum Gasteiger partial charge on any atom is 0.305 e. The zero-order valence-electron chi connectivity index (χ0n) is 10.4. The molecule has 1 rings (SSSR count). The minimum Gasteiger partial charge on any atom is -0.469 e. The highest BCUT2D eigenvalue weighted by Gasteiger charge is 2.07. The first kappa shape index (κ1) is 14.6. The molecule has 0 spiro atoms. The van der Waals surface area contributed by atoms with Crippen LogP contribution >= 0.6 is 0 Å². The minimum absolute atomic E-state index is 0.204. The van der Waals surface area contributed by atoms with Crippen LogP contribution in [0.3, 0.4) is 0 Å². The molecule has 18 heavy (non-hydrogen) atoms. The molecule has 0 bridgehead atoms. The number of aliphatic hydroxyl groups is 1. The third-order valence-corrected chi connectivity index (χ3v) is 2.53. The van der Waals surface area contributed by atoms with Crippen LogP contribution in [0.5, 0.6) is 0 Å². The van der Waals surface area contributed by atoms with Gasteiger partial charge >= 0.3 is 5.97 Å². The lowest BCUT2D eigenvalue weighted by Gasteiger charge is -2.11. The fraction of sp³-hybridized carbons (Fsp3) is 0.462. The lowest BCUT2D eigenvalue weighted by Crippen LogP contribution is -2.27. The Hall–Kier alpha value is -1.46. The molecular formula is C13H18FNO3. The molecule has 1 atom stereocenters. The molecule has 100 valence electrons. The summed E-state index contributed by atoms with van der Waals surface area (Å²) in [7, 11) is 1.32. The normalized spacial score (nSPS) is 12.2. The highest BCUT2D eigenvalue weighted by Crippen LogP contribution is 2.03. The molecule has 0 amide bonds. The van der Waals surface area contributed by atoms with Crippen LogP contribution in [-0.2, 0) is 16.1 Å². The summed E-state index contributed by atoms with van der Waals surface area (Å²) >= 11 is 0. The number of ether oxygens (including phenoxy) is 1. The van der Waals surface area contributed by atoms with Crippen LogP contribution in [0, 0.1) is 5.82 Å². The minimum atomic E-state index is -0.593. The molecule has 0 radical (unpaired) electrons. The molecule has 2 N–H and O–H groups in total. The molecule has 0 aliphatic carbocycles. The largest absolute Gasteiger partial charge is 0.469 e. The van der Waals surface area contributed by atoms with E-state index in [4.69, 9.17) is 0 Å². The number of rotatable bonds is 7. The Morgan fingerprint density at radius 3 is 2.72 bits per heavy atom. The van der Waals surface area contributed by atoms with E-state index < -0.39 is 6.10 Å². The summed E-state index contributed by atoms with van der Waals surface area (Å²) in [5, 5.41) is 12.6. The van der Waals surface area contributed by atoms with Crippen molar-refractivity contribution in [1.82, 2.24) is 5.32 Å². The maximum absolute atomic E-state index is 12.6. The van der Waals surface area contributed by atoms with Crippen LogP contribution in [0.1, 0.15) is 18.4 Å². The second kappa shape index (κ2) is 7.79. The number of esters is 1. The number of nitrogens with one attached hydrogen (secondary N) is 1. The van der Waals surface area contributed by atoms with Crippen LogP contribution in [0.15, 0.2) is 24.3 Å². The fourth-order valence-corrected chi connectivity index (χ4v) is 1.47. The summed E-state index contributed by atoms with van der Waals surface area (Å²) in [6.07, 6.45) is -0.0246. The lowest BCUT2D eigenvalue weighted by atomic mass is 10.2. The Morgan fingerprint density at radius 1 is 1.44 bits per heavy atom. The van der Waals surface area contributed by atoms with Crippen LogP contribution in [0.2, 0.25) is 0 Å². The van der Waals surface area contributed by atoms with E-state index in [1.54, 1.807) is 12.1 Å². The second-order valence-corrected chi connectivity index (χ2v) is 4.03. The first-order valence-electron chi connectivity index (χ1n) is 5.82. The third-order valence-electron chi connectivity index (χ3n) is 2.53. The van der Waals surface area contributed by atoms with E-state index in [0.29, 0.717) is 19.5 Å². The summed E-state index contributed by atoms with van der Waals surface area (Å²) in [5.41, 5.74) is 0.941. The van der Waals surface area contributed by atoms with Gasteiger partial charge in [0.15, 0.2) is 0 Å². The van der Waals surface area contributed by atoms with Gasteiger partial charge in [-0.3, -0.25) is 4.79 Å². The smallest absolute Gasteiger partial charge is 0.305 e. The number of aliphatic hydroxyl groups excluding tert-OH is 1. The average Bonchev–Trinajstić information content (AvgIpc) is 2.38. The Kier molecular flexibility index (Phi) is 6.32. The van der Waals surface area contributed by atoms with Crippen LogP contribution in [-0.4, -0.2) is 30.8 Å². The molecule has 0 heterocycles. The molecule has 4 nitrogen and oxygen atoms in total. The fourth-order valence-electron chi connectivity index (χ4n) is 1.47. The molecule has 5 heteroatoms. The topological polar surface area (TPSA) is 58.6 Å². The van der Waals surface area contributed by atoms with Gasteiger partial charge in [0.2, 0.25) is 0 Å². The van der Waals surface area contributed by atoms with Crippen molar-refractivity contribution in [2.45, 2.75) is 25.5 Å². The van der Waals surface area contributed by atoms with E-state index >= 15 is 0 Å². The first-order chi connectivity index (χ1) is 8.61. The second-order valence-electron chi connectivity index (χ2n) is 4.03. The predicted octanol–water partition coefficient (Wildman–Crippen LogP) is 1.23. The van der Waals surface area contributed by atoms with E-state index in [1.807, 2.05) is 0 Å². The maximum atomic E-state index is 12.6. The van der Waals surface area contributed by atoms with Crippen molar-refractivity contribution < 1.29 is 19.0 Å². The molecule has 1 unspecified atom stereocenters. The van der Waals surface area contributed by atoms with Gasteiger partial charge in [-0.05, 0) is 24.1 Å². The molecule has 0 saturated carbocycles. The van der Waals surface area contributed by atoms with Crippen molar-refractivity contribution >= 4 is 5.97 Å². The molecule has 0 aliphatic rings. The number of carbonyl (C=O) groups excluding carboxylic acids is 1. The SMILES string of the molecule is COC(=O)CCC(O)CNCc1ccc(F)cc1. The molecule has 1 aromatic rings. The van der Waals surface area contributed by atoms with Gasteiger partial charge < -0.3 is 15.2 Å². The van der Waals surface area contributed by atoms with Crippen molar-refractivity contribution in [3.8, 4) is 0 Å². The average molecular weight is 255 g/mol. The summed E-state index contributed by atoms with van der Waals surface area (Å²) in [6, 6.07) is 6.15. The summed E-state index contributed by atoms with van der Waals surface area (Å²) in [6.45, 7) is 0.934. The Balaban J connectivity index is 2.17. The number of methoxy groups -OCH3 is 1. The molecule has 0 fully saturated rings. The Labute approximate surface area is 106 Å². The predicted molar refractivity (Wildman–Crippen MR) is 65.4 cm³/mol. The number of hydrogen-bond donors (Lipinski definition) is 2. The Morgan fingerprint density at radius 2 is 2.11 bits per heavy atom. The number of benzene rings is 1. The van der Waals surface area contributed by atoms with Gasteiger partial charge in [-0.15, -0.1) is 0 Å². The van der Waals surface area contributed by atoms with E-state index in [2.05, 4.69) is 10.1 Å². The number of halogens is 1. The van der Waals surface area contributed by atoms with Gasteiger partial charge in [0.1, 0.15) is 5.82 Å². The number of carbonyl (C=O) groups is 1. The molecule has 0 saturated heterocycles. The zero-order chi connectivity index (χ0) is 13.4. The first-order valence-corrected chi connectivity index (χ1v) is 5.82. The third kappa shape index (κ3) is 5.75. The highest BCUT2D eigenvalue weighted by atomic mass is 19.1. The molecule has 0 aliphatic heterocycles. The van der Waals surface area contributed by atoms with Crippen LogP contribution < -0.4 is 5.32 Å². The van der Waals surface area contributed by atoms with Gasteiger partial charge in [0, 0.05) is 19.5 Å². The van der Waals surface area contributed by atoms with Crippen LogP contribution in [0.4, 0.5) is 4.39 Å². The molecule has 1 aromatic carbocycles. The molecular weight excluding hydrogens is 237 g/mol. The summed E-state index contributed by atoms with van der Waals surface area (Å²) in [4.78, 5) is 10.9. The van der Waals surface area contributed by atoms with Crippen molar-refractivity contribution in [2.75, 3.05) is 13.7 Å². The van der Waals surface area contributed by atoms with Crippen molar-refractivity contribution in [1.29, 1.82) is 0 Å². The van der Waals surface area contributed by atoms with E-state index in [-0.39, 0.29) is 18.2 Å². The quantitative estimate of drug-likeness (QED) is 0.719. The Bertz CT molecular complexity index is 367. The van der Waals surface area contributed by atoms with E-state index in [9.17, 15) is 14.3 Å².